The van der Waals surface area contributed by atoms with Crippen molar-refractivity contribution in [1.29, 1.82) is 0 Å². The second-order valence-corrected chi connectivity index (χ2v) is 4.39. The SMILES string of the molecule is CC(C)n1nnnc1CN(C)CC(O)C(F)(F)F. The summed E-state index contributed by atoms with van der Waals surface area (Å²) in [6, 6.07) is 0.0240. The van der Waals surface area contributed by atoms with Crippen LogP contribution in [0.3, 0.4) is 0 Å². The van der Waals surface area contributed by atoms with Crippen molar-refractivity contribution >= 4 is 0 Å². The van der Waals surface area contributed by atoms with Gasteiger partial charge in [-0.05, 0) is 31.3 Å². The Labute approximate surface area is 102 Å². The van der Waals surface area contributed by atoms with E-state index in [1.807, 2.05) is 13.8 Å². The summed E-state index contributed by atoms with van der Waals surface area (Å²) >= 11 is 0. The van der Waals surface area contributed by atoms with Crippen LogP contribution < -0.4 is 0 Å². The van der Waals surface area contributed by atoms with Gasteiger partial charge in [0.15, 0.2) is 11.9 Å². The fourth-order valence-electron chi connectivity index (χ4n) is 1.42. The zero-order valence-corrected chi connectivity index (χ0v) is 10.4. The zero-order valence-electron chi connectivity index (χ0n) is 10.4. The minimum absolute atomic E-state index is 0.0240. The summed E-state index contributed by atoms with van der Waals surface area (Å²) in [6.45, 7) is 3.35. The van der Waals surface area contributed by atoms with Crippen molar-refractivity contribution in [1.82, 2.24) is 25.1 Å². The summed E-state index contributed by atoms with van der Waals surface area (Å²) < 4.78 is 38.0. The maximum Gasteiger partial charge on any atom is 0.415 e. The van der Waals surface area contributed by atoms with E-state index in [2.05, 4.69) is 15.5 Å². The van der Waals surface area contributed by atoms with Gasteiger partial charge in [-0.15, -0.1) is 5.10 Å². The van der Waals surface area contributed by atoms with Gasteiger partial charge in [-0.2, -0.15) is 13.2 Å². The topological polar surface area (TPSA) is 67.1 Å². The lowest BCUT2D eigenvalue weighted by Gasteiger charge is -2.22. The number of nitrogens with zero attached hydrogens (tertiary/aromatic N) is 5. The van der Waals surface area contributed by atoms with E-state index in [0.717, 1.165) is 0 Å². The van der Waals surface area contributed by atoms with Crippen LogP contribution in [0.4, 0.5) is 13.2 Å². The van der Waals surface area contributed by atoms with E-state index < -0.39 is 18.8 Å². The molecule has 0 aliphatic rings. The van der Waals surface area contributed by atoms with Crippen LogP contribution in [0.5, 0.6) is 0 Å². The molecule has 18 heavy (non-hydrogen) atoms. The van der Waals surface area contributed by atoms with Crippen LogP contribution in [-0.4, -0.2) is 56.1 Å². The average molecular weight is 267 g/mol. The smallest absolute Gasteiger partial charge is 0.382 e. The molecular formula is C9H16F3N5O. The first-order chi connectivity index (χ1) is 8.21. The summed E-state index contributed by atoms with van der Waals surface area (Å²) in [5, 5.41) is 19.9. The standard InChI is InChI=1S/C9H16F3N5O/c1-6(2)17-8(13-14-15-17)5-16(3)4-7(18)9(10,11)12/h6-7,18H,4-5H2,1-3H3. The Morgan fingerprint density at radius 1 is 1.39 bits per heavy atom. The van der Waals surface area contributed by atoms with E-state index >= 15 is 0 Å². The number of rotatable bonds is 5. The predicted octanol–water partition coefficient (Wildman–Crippen LogP) is 0.609. The van der Waals surface area contributed by atoms with Gasteiger partial charge in [0.05, 0.1) is 12.6 Å². The van der Waals surface area contributed by atoms with Crippen LogP contribution in [0.15, 0.2) is 0 Å². The number of aromatic nitrogens is 4. The van der Waals surface area contributed by atoms with Gasteiger partial charge in [0, 0.05) is 6.54 Å². The number of hydrogen-bond acceptors (Lipinski definition) is 5. The molecular weight excluding hydrogens is 251 g/mol. The first kappa shape index (κ1) is 14.8. The Kier molecular flexibility index (Phi) is 4.63. The quantitative estimate of drug-likeness (QED) is 0.846. The number of tetrazole rings is 1. The van der Waals surface area contributed by atoms with Crippen molar-refractivity contribution in [2.75, 3.05) is 13.6 Å². The molecule has 104 valence electrons. The molecule has 1 aromatic heterocycles. The molecule has 0 saturated carbocycles. The van der Waals surface area contributed by atoms with Gasteiger partial charge in [0.1, 0.15) is 0 Å². The molecule has 0 amide bonds. The Morgan fingerprint density at radius 2 is 2.00 bits per heavy atom. The van der Waals surface area contributed by atoms with Gasteiger partial charge in [-0.1, -0.05) is 0 Å². The second-order valence-electron chi connectivity index (χ2n) is 4.39. The van der Waals surface area contributed by atoms with E-state index in [0.29, 0.717) is 5.82 Å². The van der Waals surface area contributed by atoms with E-state index in [1.54, 1.807) is 0 Å². The third kappa shape index (κ3) is 3.91. The van der Waals surface area contributed by atoms with Crippen LogP contribution >= 0.6 is 0 Å². The molecule has 1 unspecified atom stereocenters. The number of aliphatic hydroxyl groups is 1. The number of hydrogen-bond donors (Lipinski definition) is 1. The highest BCUT2D eigenvalue weighted by Crippen LogP contribution is 2.20. The molecule has 0 saturated heterocycles. The zero-order chi connectivity index (χ0) is 13.9. The third-order valence-corrected chi connectivity index (χ3v) is 2.32. The monoisotopic (exact) mass is 267 g/mol. The third-order valence-electron chi connectivity index (χ3n) is 2.32. The maximum atomic E-state index is 12.2. The normalized spacial score (nSPS) is 14.5. The lowest BCUT2D eigenvalue weighted by molar-refractivity contribution is -0.207. The molecule has 0 aromatic carbocycles. The minimum Gasteiger partial charge on any atom is -0.382 e. The summed E-state index contributed by atoms with van der Waals surface area (Å²) in [5.74, 6) is 0.460. The molecule has 1 heterocycles. The Bertz CT molecular complexity index is 379. The fraction of sp³-hybridized carbons (Fsp3) is 0.889. The van der Waals surface area contributed by atoms with Crippen molar-refractivity contribution in [3.05, 3.63) is 5.82 Å². The van der Waals surface area contributed by atoms with Crippen LogP contribution in [0.25, 0.3) is 0 Å². The van der Waals surface area contributed by atoms with Crippen LogP contribution in [0.2, 0.25) is 0 Å². The molecule has 1 atom stereocenters. The van der Waals surface area contributed by atoms with E-state index in [1.165, 1.54) is 16.6 Å². The number of halogens is 3. The second kappa shape index (κ2) is 5.61. The number of alkyl halides is 3. The molecule has 0 spiro atoms. The highest BCUT2D eigenvalue weighted by molar-refractivity contribution is 4.83. The molecule has 1 N–H and O–H groups in total. The molecule has 0 aliphatic heterocycles. The predicted molar refractivity (Wildman–Crippen MR) is 56.6 cm³/mol. The highest BCUT2D eigenvalue weighted by Gasteiger charge is 2.38. The summed E-state index contributed by atoms with van der Waals surface area (Å²) in [5.41, 5.74) is 0. The first-order valence-electron chi connectivity index (χ1n) is 5.42. The molecule has 0 radical (unpaired) electrons. The largest absolute Gasteiger partial charge is 0.415 e. The molecule has 1 rings (SSSR count). The van der Waals surface area contributed by atoms with Crippen molar-refractivity contribution < 1.29 is 18.3 Å². The fourth-order valence-corrected chi connectivity index (χ4v) is 1.42. The molecule has 0 bridgehead atoms. The van der Waals surface area contributed by atoms with Gasteiger partial charge in [0.2, 0.25) is 0 Å². The van der Waals surface area contributed by atoms with E-state index in [-0.39, 0.29) is 12.6 Å². The van der Waals surface area contributed by atoms with Gasteiger partial charge >= 0.3 is 6.18 Å². The molecule has 0 aliphatic carbocycles. The van der Waals surface area contributed by atoms with Crippen LogP contribution in [-0.2, 0) is 6.54 Å². The summed E-state index contributed by atoms with van der Waals surface area (Å²) in [6.07, 6.45) is -6.98. The molecule has 0 fully saturated rings. The number of likely N-dealkylation sites (N-methyl/N-ethyl adjacent to an activating group) is 1. The van der Waals surface area contributed by atoms with Gasteiger partial charge in [-0.25, -0.2) is 4.68 Å². The first-order valence-corrected chi connectivity index (χ1v) is 5.42. The lowest BCUT2D eigenvalue weighted by atomic mass is 10.3. The van der Waals surface area contributed by atoms with E-state index in [4.69, 9.17) is 5.11 Å². The van der Waals surface area contributed by atoms with Gasteiger partial charge in [0.25, 0.3) is 0 Å². The molecule has 9 heteroatoms. The number of aliphatic hydroxyl groups excluding tert-OH is 1. The Morgan fingerprint density at radius 3 is 2.50 bits per heavy atom. The van der Waals surface area contributed by atoms with Crippen LogP contribution in [0, 0.1) is 0 Å². The van der Waals surface area contributed by atoms with Crippen molar-refractivity contribution in [3.63, 3.8) is 0 Å². The summed E-state index contributed by atoms with van der Waals surface area (Å²) in [4.78, 5) is 1.32. The minimum atomic E-state index is -4.61. The highest BCUT2D eigenvalue weighted by atomic mass is 19.4. The van der Waals surface area contributed by atoms with Crippen molar-refractivity contribution in [3.8, 4) is 0 Å². The molecule has 6 nitrogen and oxygen atoms in total. The Balaban J connectivity index is 2.60. The van der Waals surface area contributed by atoms with Crippen LogP contribution in [0.1, 0.15) is 25.7 Å². The Hall–Kier alpha value is -1.22. The van der Waals surface area contributed by atoms with Crippen molar-refractivity contribution in [2.45, 2.75) is 38.7 Å². The van der Waals surface area contributed by atoms with Gasteiger partial charge < -0.3 is 5.11 Å². The average Bonchev–Trinajstić information content (AvgIpc) is 2.63. The van der Waals surface area contributed by atoms with E-state index in [9.17, 15) is 13.2 Å². The lowest BCUT2D eigenvalue weighted by Crippen LogP contribution is -2.39. The maximum absolute atomic E-state index is 12.2. The molecule has 1 aromatic rings. The summed E-state index contributed by atoms with van der Waals surface area (Å²) in [7, 11) is 1.47. The van der Waals surface area contributed by atoms with Gasteiger partial charge in [-0.3, -0.25) is 4.90 Å². The van der Waals surface area contributed by atoms with Crippen molar-refractivity contribution in [2.24, 2.45) is 0 Å².